The standard InChI is InChI=1S/C20H14FN3O3/c21-15-3-1-2-13(9-15)11-24-7-6-14-8-12(4-5-17(14)24)10-16-18(25)22-20(27)23-19(16)26/h1-10H,11H2,(H2,22,23,25,26,27). The Morgan fingerprint density at radius 1 is 0.963 bits per heavy atom. The van der Waals surface area contributed by atoms with Crippen molar-refractivity contribution >= 4 is 34.8 Å². The molecular formula is C20H14FN3O3. The maximum Gasteiger partial charge on any atom is 0.328 e. The lowest BCUT2D eigenvalue weighted by atomic mass is 10.1. The average Bonchev–Trinajstić information content (AvgIpc) is 3.00. The van der Waals surface area contributed by atoms with Gasteiger partial charge in [-0.3, -0.25) is 20.2 Å². The summed E-state index contributed by atoms with van der Waals surface area (Å²) in [4.78, 5) is 34.8. The minimum absolute atomic E-state index is 0.131. The third-order valence-corrected chi connectivity index (χ3v) is 4.29. The number of halogens is 1. The van der Waals surface area contributed by atoms with E-state index in [9.17, 15) is 18.8 Å². The van der Waals surface area contributed by atoms with Crippen molar-refractivity contribution < 1.29 is 18.8 Å². The molecule has 1 aliphatic heterocycles. The van der Waals surface area contributed by atoms with E-state index in [0.29, 0.717) is 12.1 Å². The summed E-state index contributed by atoms with van der Waals surface area (Å²) in [6.07, 6.45) is 3.33. The maximum atomic E-state index is 13.4. The van der Waals surface area contributed by atoms with Gasteiger partial charge in [-0.05, 0) is 47.5 Å². The summed E-state index contributed by atoms with van der Waals surface area (Å²) >= 11 is 0. The number of barbiturate groups is 1. The van der Waals surface area contributed by atoms with Crippen LogP contribution in [0.5, 0.6) is 0 Å². The summed E-state index contributed by atoms with van der Waals surface area (Å²) in [5, 5.41) is 4.99. The third kappa shape index (κ3) is 3.35. The molecule has 4 rings (SSSR count). The molecule has 1 saturated heterocycles. The van der Waals surface area contributed by atoms with E-state index < -0.39 is 17.8 Å². The topological polar surface area (TPSA) is 80.2 Å². The van der Waals surface area contributed by atoms with Crippen LogP contribution in [0.2, 0.25) is 0 Å². The number of imide groups is 2. The van der Waals surface area contributed by atoms with Crippen molar-refractivity contribution in [3.8, 4) is 0 Å². The number of rotatable bonds is 3. The molecule has 6 nitrogen and oxygen atoms in total. The summed E-state index contributed by atoms with van der Waals surface area (Å²) < 4.78 is 15.4. The lowest BCUT2D eigenvalue weighted by Crippen LogP contribution is -2.51. The van der Waals surface area contributed by atoms with Crippen LogP contribution < -0.4 is 10.6 Å². The monoisotopic (exact) mass is 363 g/mol. The predicted molar refractivity (Wildman–Crippen MR) is 97.1 cm³/mol. The molecule has 3 aromatic rings. The van der Waals surface area contributed by atoms with Crippen molar-refractivity contribution in [2.45, 2.75) is 6.54 Å². The normalized spacial score (nSPS) is 14.3. The first-order valence-corrected chi connectivity index (χ1v) is 8.21. The number of hydrogen-bond acceptors (Lipinski definition) is 3. The Morgan fingerprint density at radius 2 is 1.74 bits per heavy atom. The van der Waals surface area contributed by atoms with E-state index in [4.69, 9.17) is 0 Å². The zero-order valence-electron chi connectivity index (χ0n) is 14.0. The van der Waals surface area contributed by atoms with Gasteiger partial charge in [0, 0.05) is 23.6 Å². The smallest absolute Gasteiger partial charge is 0.328 e. The summed E-state index contributed by atoms with van der Waals surface area (Å²) in [6, 6.07) is 13.0. The Bertz CT molecular complexity index is 1110. The number of nitrogens with zero attached hydrogens (tertiary/aromatic N) is 1. The molecule has 2 aromatic carbocycles. The molecule has 1 aliphatic rings. The molecule has 2 heterocycles. The van der Waals surface area contributed by atoms with Gasteiger partial charge in [0.1, 0.15) is 11.4 Å². The highest BCUT2D eigenvalue weighted by molar-refractivity contribution is 6.31. The first-order valence-electron chi connectivity index (χ1n) is 8.21. The number of carbonyl (C=O) groups excluding carboxylic acids is 3. The Labute approximate surface area is 153 Å². The molecule has 134 valence electrons. The number of aromatic nitrogens is 1. The predicted octanol–water partition coefficient (Wildman–Crippen LogP) is 2.58. The molecular weight excluding hydrogens is 349 g/mol. The van der Waals surface area contributed by atoms with Gasteiger partial charge in [0.15, 0.2) is 0 Å². The zero-order chi connectivity index (χ0) is 19.0. The van der Waals surface area contributed by atoms with Crippen LogP contribution in [0, 0.1) is 5.82 Å². The van der Waals surface area contributed by atoms with Crippen LogP contribution in [0.3, 0.4) is 0 Å². The Kier molecular flexibility index (Phi) is 4.04. The van der Waals surface area contributed by atoms with E-state index in [0.717, 1.165) is 16.5 Å². The van der Waals surface area contributed by atoms with Crippen LogP contribution in [0.4, 0.5) is 9.18 Å². The second-order valence-electron chi connectivity index (χ2n) is 6.19. The lowest BCUT2D eigenvalue weighted by Gasteiger charge is -2.13. The molecule has 0 saturated carbocycles. The summed E-state index contributed by atoms with van der Waals surface area (Å²) in [7, 11) is 0. The fourth-order valence-electron chi connectivity index (χ4n) is 3.05. The van der Waals surface area contributed by atoms with Gasteiger partial charge in [0.05, 0.1) is 0 Å². The van der Waals surface area contributed by atoms with E-state index in [2.05, 4.69) is 0 Å². The molecule has 1 aromatic heterocycles. The molecule has 0 spiro atoms. The van der Waals surface area contributed by atoms with E-state index in [1.807, 2.05) is 45.7 Å². The molecule has 2 N–H and O–H groups in total. The molecule has 0 bridgehead atoms. The van der Waals surface area contributed by atoms with Gasteiger partial charge in [-0.2, -0.15) is 0 Å². The van der Waals surface area contributed by atoms with E-state index in [-0.39, 0.29) is 11.4 Å². The largest absolute Gasteiger partial charge is 0.343 e. The molecule has 0 atom stereocenters. The number of benzene rings is 2. The van der Waals surface area contributed by atoms with Gasteiger partial charge in [-0.15, -0.1) is 0 Å². The molecule has 0 radical (unpaired) electrons. The fourth-order valence-corrected chi connectivity index (χ4v) is 3.05. The van der Waals surface area contributed by atoms with Gasteiger partial charge < -0.3 is 4.57 Å². The highest BCUT2D eigenvalue weighted by atomic mass is 19.1. The van der Waals surface area contributed by atoms with Gasteiger partial charge in [-0.25, -0.2) is 9.18 Å². The number of urea groups is 1. The van der Waals surface area contributed by atoms with E-state index in [1.54, 1.807) is 12.1 Å². The number of nitrogens with one attached hydrogen (secondary N) is 2. The number of hydrogen-bond donors (Lipinski definition) is 2. The second-order valence-corrected chi connectivity index (χ2v) is 6.19. The maximum absolute atomic E-state index is 13.4. The fraction of sp³-hybridized carbons (Fsp3) is 0.0500. The van der Waals surface area contributed by atoms with Crippen molar-refractivity contribution in [2.24, 2.45) is 0 Å². The molecule has 7 heteroatoms. The van der Waals surface area contributed by atoms with E-state index in [1.165, 1.54) is 18.2 Å². The third-order valence-electron chi connectivity index (χ3n) is 4.29. The van der Waals surface area contributed by atoms with Crippen molar-refractivity contribution in [2.75, 3.05) is 0 Å². The molecule has 0 unspecified atom stereocenters. The summed E-state index contributed by atoms with van der Waals surface area (Å²) in [5.41, 5.74) is 2.31. The van der Waals surface area contributed by atoms with Crippen LogP contribution in [0.1, 0.15) is 11.1 Å². The zero-order valence-corrected chi connectivity index (χ0v) is 14.0. The van der Waals surface area contributed by atoms with Crippen LogP contribution in [0.15, 0.2) is 60.3 Å². The summed E-state index contributed by atoms with van der Waals surface area (Å²) in [6.45, 7) is 0.522. The van der Waals surface area contributed by atoms with Gasteiger partial charge >= 0.3 is 6.03 Å². The van der Waals surface area contributed by atoms with Crippen LogP contribution in [0.25, 0.3) is 17.0 Å². The molecule has 1 fully saturated rings. The Balaban J connectivity index is 1.64. The molecule has 4 amide bonds. The van der Waals surface area contributed by atoms with Gasteiger partial charge in [0.25, 0.3) is 11.8 Å². The van der Waals surface area contributed by atoms with Crippen molar-refractivity contribution in [1.82, 2.24) is 15.2 Å². The summed E-state index contributed by atoms with van der Waals surface area (Å²) in [5.74, 6) is -1.74. The van der Waals surface area contributed by atoms with E-state index >= 15 is 0 Å². The van der Waals surface area contributed by atoms with Gasteiger partial charge in [0.2, 0.25) is 0 Å². The number of amides is 4. The van der Waals surface area contributed by atoms with Crippen LogP contribution in [-0.4, -0.2) is 22.4 Å². The van der Waals surface area contributed by atoms with Gasteiger partial charge in [-0.1, -0.05) is 18.2 Å². The second kappa shape index (κ2) is 6.53. The number of carbonyl (C=O) groups is 3. The highest BCUT2D eigenvalue weighted by Gasteiger charge is 2.27. The van der Waals surface area contributed by atoms with Crippen molar-refractivity contribution in [3.05, 3.63) is 77.2 Å². The SMILES string of the molecule is O=C1NC(=O)C(=Cc2ccc3c(ccn3Cc3cccc(F)c3)c2)C(=O)N1. The molecule has 27 heavy (non-hydrogen) atoms. The Morgan fingerprint density at radius 3 is 2.48 bits per heavy atom. The highest BCUT2D eigenvalue weighted by Crippen LogP contribution is 2.21. The average molecular weight is 363 g/mol. The minimum atomic E-state index is -0.827. The minimum Gasteiger partial charge on any atom is -0.343 e. The van der Waals surface area contributed by atoms with Crippen LogP contribution in [-0.2, 0) is 16.1 Å². The molecule has 0 aliphatic carbocycles. The van der Waals surface area contributed by atoms with Crippen molar-refractivity contribution in [1.29, 1.82) is 0 Å². The quantitative estimate of drug-likeness (QED) is 0.554. The first-order chi connectivity index (χ1) is 13.0. The van der Waals surface area contributed by atoms with Crippen LogP contribution >= 0.6 is 0 Å². The lowest BCUT2D eigenvalue weighted by molar-refractivity contribution is -0.123. The van der Waals surface area contributed by atoms with Crippen molar-refractivity contribution in [3.63, 3.8) is 0 Å². The Hall–Kier alpha value is -3.74. The number of fused-ring (bicyclic) bond motifs is 1. The first kappa shape index (κ1) is 16.7.